The van der Waals surface area contributed by atoms with Crippen molar-refractivity contribution in [3.8, 4) is 0 Å². The number of rotatable bonds is 1. The number of hydrogen-bond acceptors (Lipinski definition) is 2. The highest BCUT2D eigenvalue weighted by molar-refractivity contribution is 5.98. The van der Waals surface area contributed by atoms with E-state index in [1.54, 1.807) is 0 Å². The molecule has 0 fully saturated rings. The van der Waals surface area contributed by atoms with Crippen LogP contribution in [0.2, 0.25) is 0 Å². The van der Waals surface area contributed by atoms with Crippen LogP contribution in [0, 0.1) is 0 Å². The Morgan fingerprint density at radius 3 is 2.83 bits per heavy atom. The summed E-state index contributed by atoms with van der Waals surface area (Å²) in [5, 5.41) is 0. The molecule has 0 N–H and O–H groups in total. The smallest absolute Gasteiger partial charge is 0.128 e. The molecule has 2 nitrogen and oxygen atoms in total. The monoisotopic (exact) mass is 234 g/mol. The van der Waals surface area contributed by atoms with E-state index in [9.17, 15) is 0 Å². The number of aliphatic imine (C=N–C) groups is 1. The zero-order valence-electron chi connectivity index (χ0n) is 10.1. The third-order valence-corrected chi connectivity index (χ3v) is 3.77. The number of allylic oxidation sites excluding steroid dienone is 4. The van der Waals surface area contributed by atoms with Crippen molar-refractivity contribution in [2.45, 2.75) is 12.5 Å². The maximum Gasteiger partial charge on any atom is 0.128 e. The van der Waals surface area contributed by atoms with Gasteiger partial charge in [-0.2, -0.15) is 0 Å². The molecule has 2 heterocycles. The Morgan fingerprint density at radius 1 is 1.06 bits per heavy atom. The Bertz CT molecular complexity index is 605. The number of fused-ring (bicyclic) bond motifs is 2. The molecule has 1 aromatic carbocycles. The Balaban J connectivity index is 1.70. The molecule has 0 amide bonds. The minimum Gasteiger partial charge on any atom is -0.324 e. The molecule has 18 heavy (non-hydrogen) atoms. The second-order valence-corrected chi connectivity index (χ2v) is 4.87. The van der Waals surface area contributed by atoms with Gasteiger partial charge >= 0.3 is 0 Å². The van der Waals surface area contributed by atoms with Gasteiger partial charge in [0.1, 0.15) is 5.84 Å². The zero-order valence-corrected chi connectivity index (χ0v) is 10.1. The van der Waals surface area contributed by atoms with Gasteiger partial charge in [-0.25, -0.2) is 0 Å². The molecule has 1 atom stereocenters. The number of benzene rings is 1. The van der Waals surface area contributed by atoms with Gasteiger partial charge in [0.05, 0.1) is 12.6 Å². The van der Waals surface area contributed by atoms with Crippen molar-refractivity contribution in [3.05, 3.63) is 71.5 Å². The molecule has 2 heteroatoms. The Hall–Kier alpha value is -2.09. The first-order valence-electron chi connectivity index (χ1n) is 6.40. The van der Waals surface area contributed by atoms with E-state index in [0.717, 1.165) is 18.8 Å². The average Bonchev–Trinajstić information content (AvgIpc) is 3.05. The lowest BCUT2D eigenvalue weighted by atomic mass is 10.1. The molecule has 0 radical (unpaired) electrons. The van der Waals surface area contributed by atoms with Gasteiger partial charge in [-0.05, 0) is 29.7 Å². The fourth-order valence-corrected chi connectivity index (χ4v) is 2.85. The van der Waals surface area contributed by atoms with Gasteiger partial charge in [-0.1, -0.05) is 42.5 Å². The van der Waals surface area contributed by atoms with Gasteiger partial charge in [0.15, 0.2) is 0 Å². The first-order chi connectivity index (χ1) is 8.92. The van der Waals surface area contributed by atoms with E-state index in [4.69, 9.17) is 4.99 Å². The van der Waals surface area contributed by atoms with Crippen LogP contribution in [0.5, 0.6) is 0 Å². The van der Waals surface area contributed by atoms with Crippen LogP contribution in [0.3, 0.4) is 0 Å². The standard InChI is InChI=1S/C16H14N2/c1-2-5-12(6-3-1)14-11-18-15-8-4-7-13(15)9-10-16(18)17-14/h1-6,8-10,14H,7,11H2/t14-/m1/s1. The fraction of sp³-hybridized carbons (Fsp3) is 0.188. The van der Waals surface area contributed by atoms with Gasteiger partial charge in [0.25, 0.3) is 0 Å². The number of nitrogens with zero attached hydrogens (tertiary/aromatic N) is 2. The summed E-state index contributed by atoms with van der Waals surface area (Å²) in [5.74, 6) is 1.11. The fourth-order valence-electron chi connectivity index (χ4n) is 2.85. The second kappa shape index (κ2) is 3.70. The summed E-state index contributed by atoms with van der Waals surface area (Å²) < 4.78 is 0. The van der Waals surface area contributed by atoms with E-state index >= 15 is 0 Å². The highest BCUT2D eigenvalue weighted by Gasteiger charge is 2.30. The maximum atomic E-state index is 4.83. The topological polar surface area (TPSA) is 15.6 Å². The van der Waals surface area contributed by atoms with Gasteiger partial charge < -0.3 is 4.90 Å². The van der Waals surface area contributed by atoms with Crippen molar-refractivity contribution in [2.24, 2.45) is 4.99 Å². The predicted molar refractivity (Wildman–Crippen MR) is 73.2 cm³/mol. The van der Waals surface area contributed by atoms with Crippen molar-refractivity contribution in [1.82, 2.24) is 4.90 Å². The van der Waals surface area contributed by atoms with E-state index in [2.05, 4.69) is 59.5 Å². The minimum atomic E-state index is 0.270. The molecule has 1 aromatic rings. The van der Waals surface area contributed by atoms with Crippen LogP contribution < -0.4 is 0 Å². The van der Waals surface area contributed by atoms with Gasteiger partial charge in [0.2, 0.25) is 0 Å². The van der Waals surface area contributed by atoms with Gasteiger partial charge in [-0.3, -0.25) is 4.99 Å². The molecule has 88 valence electrons. The lowest BCUT2D eigenvalue weighted by Gasteiger charge is -2.24. The molecule has 0 bridgehead atoms. The zero-order chi connectivity index (χ0) is 11.9. The molecule has 0 spiro atoms. The first kappa shape index (κ1) is 9.89. The number of amidine groups is 1. The SMILES string of the molecule is C1=CC2=C(C=CC3=N[C@@H](c4ccccc4)CN32)C1. The Kier molecular flexibility index (Phi) is 2.04. The molecule has 1 aliphatic carbocycles. The van der Waals surface area contributed by atoms with E-state index in [0.29, 0.717) is 0 Å². The van der Waals surface area contributed by atoms with Crippen molar-refractivity contribution < 1.29 is 0 Å². The summed E-state index contributed by atoms with van der Waals surface area (Å²) in [5.41, 5.74) is 4.06. The second-order valence-electron chi connectivity index (χ2n) is 4.87. The molecule has 4 rings (SSSR count). The maximum absolute atomic E-state index is 4.83. The van der Waals surface area contributed by atoms with Crippen molar-refractivity contribution in [3.63, 3.8) is 0 Å². The summed E-state index contributed by atoms with van der Waals surface area (Å²) in [6.45, 7) is 0.965. The van der Waals surface area contributed by atoms with Crippen LogP contribution in [0.1, 0.15) is 18.0 Å². The van der Waals surface area contributed by atoms with Crippen molar-refractivity contribution in [1.29, 1.82) is 0 Å². The van der Waals surface area contributed by atoms with E-state index in [1.165, 1.54) is 16.8 Å². The van der Waals surface area contributed by atoms with Gasteiger partial charge in [0, 0.05) is 5.70 Å². The average molecular weight is 234 g/mol. The quantitative estimate of drug-likeness (QED) is 0.728. The Morgan fingerprint density at radius 2 is 1.94 bits per heavy atom. The molecule has 0 aromatic heterocycles. The van der Waals surface area contributed by atoms with Crippen LogP contribution >= 0.6 is 0 Å². The van der Waals surface area contributed by atoms with Crippen LogP contribution in [0.25, 0.3) is 0 Å². The van der Waals surface area contributed by atoms with E-state index < -0.39 is 0 Å². The summed E-state index contributed by atoms with van der Waals surface area (Å²) in [6, 6.07) is 10.8. The van der Waals surface area contributed by atoms with Crippen molar-refractivity contribution >= 4 is 5.84 Å². The third kappa shape index (κ3) is 1.39. The summed E-state index contributed by atoms with van der Waals surface area (Å²) >= 11 is 0. The summed E-state index contributed by atoms with van der Waals surface area (Å²) in [6.07, 6.45) is 9.87. The molecular formula is C16H14N2. The van der Waals surface area contributed by atoms with E-state index in [1.807, 2.05) is 0 Å². The molecule has 0 unspecified atom stereocenters. The first-order valence-corrected chi connectivity index (χ1v) is 6.40. The summed E-state index contributed by atoms with van der Waals surface area (Å²) in [7, 11) is 0. The predicted octanol–water partition coefficient (Wildman–Crippen LogP) is 3.23. The van der Waals surface area contributed by atoms with Crippen molar-refractivity contribution in [2.75, 3.05) is 6.54 Å². The highest BCUT2D eigenvalue weighted by Crippen LogP contribution is 2.34. The molecule has 0 saturated heterocycles. The Labute approximate surface area is 107 Å². The van der Waals surface area contributed by atoms with Gasteiger partial charge in [-0.15, -0.1) is 0 Å². The van der Waals surface area contributed by atoms with Crippen LogP contribution in [-0.2, 0) is 0 Å². The lowest BCUT2D eigenvalue weighted by molar-refractivity contribution is 0.523. The minimum absolute atomic E-state index is 0.270. The van der Waals surface area contributed by atoms with E-state index in [-0.39, 0.29) is 6.04 Å². The summed E-state index contributed by atoms with van der Waals surface area (Å²) in [4.78, 5) is 7.17. The normalized spacial score (nSPS) is 24.3. The van der Waals surface area contributed by atoms with Crippen LogP contribution in [-0.4, -0.2) is 17.3 Å². The third-order valence-electron chi connectivity index (χ3n) is 3.77. The molecule has 3 aliphatic rings. The van der Waals surface area contributed by atoms with Crippen LogP contribution in [0.4, 0.5) is 0 Å². The largest absolute Gasteiger partial charge is 0.324 e. The molecule has 2 aliphatic heterocycles. The molecular weight excluding hydrogens is 220 g/mol. The molecule has 0 saturated carbocycles. The van der Waals surface area contributed by atoms with Crippen LogP contribution in [0.15, 0.2) is 70.9 Å². The lowest BCUT2D eigenvalue weighted by Crippen LogP contribution is -2.27. The number of hydrogen-bond donors (Lipinski definition) is 0. The highest BCUT2D eigenvalue weighted by atomic mass is 15.3.